The standard InChI is InChI=1S/C15H18N4O3S2/c1-9(16)5-6-17-14(20)11-3-4-13(12(7-11)19(21)22)24-15-18-10(2)8-23-15/h3-4,7-9H,5-6,16H2,1-2H3,(H,17,20). The molecule has 0 radical (unpaired) electrons. The Morgan fingerprint density at radius 3 is 2.88 bits per heavy atom. The van der Waals surface area contributed by atoms with Crippen LogP contribution in [0.15, 0.2) is 32.8 Å². The van der Waals surface area contributed by atoms with Gasteiger partial charge in [0.2, 0.25) is 0 Å². The number of amides is 1. The number of nitro groups is 1. The second kappa shape index (κ2) is 8.22. The molecule has 0 saturated heterocycles. The summed E-state index contributed by atoms with van der Waals surface area (Å²) in [5.74, 6) is -0.347. The van der Waals surface area contributed by atoms with Crippen molar-refractivity contribution in [3.63, 3.8) is 0 Å². The molecule has 128 valence electrons. The molecule has 0 aliphatic carbocycles. The summed E-state index contributed by atoms with van der Waals surface area (Å²) in [6, 6.07) is 4.45. The molecule has 2 aromatic rings. The fourth-order valence-electron chi connectivity index (χ4n) is 1.88. The highest BCUT2D eigenvalue weighted by atomic mass is 32.2. The van der Waals surface area contributed by atoms with Gasteiger partial charge in [-0.25, -0.2) is 4.98 Å². The van der Waals surface area contributed by atoms with Gasteiger partial charge in [0, 0.05) is 35.3 Å². The molecule has 1 amide bonds. The third-order valence-electron chi connectivity index (χ3n) is 3.10. The average Bonchev–Trinajstić information content (AvgIpc) is 2.92. The van der Waals surface area contributed by atoms with E-state index in [1.807, 2.05) is 19.2 Å². The fraction of sp³-hybridized carbons (Fsp3) is 0.333. The van der Waals surface area contributed by atoms with E-state index in [9.17, 15) is 14.9 Å². The van der Waals surface area contributed by atoms with Crippen LogP contribution in [0, 0.1) is 17.0 Å². The van der Waals surface area contributed by atoms with Crippen molar-refractivity contribution in [2.75, 3.05) is 6.54 Å². The van der Waals surface area contributed by atoms with Crippen molar-refractivity contribution in [2.24, 2.45) is 5.73 Å². The van der Waals surface area contributed by atoms with E-state index in [2.05, 4.69) is 10.3 Å². The van der Waals surface area contributed by atoms with Gasteiger partial charge >= 0.3 is 0 Å². The smallest absolute Gasteiger partial charge is 0.284 e. The third-order valence-corrected chi connectivity index (χ3v) is 5.22. The molecular weight excluding hydrogens is 348 g/mol. The Labute approximate surface area is 147 Å². The van der Waals surface area contributed by atoms with E-state index in [-0.39, 0.29) is 23.2 Å². The maximum atomic E-state index is 12.1. The van der Waals surface area contributed by atoms with Crippen molar-refractivity contribution >= 4 is 34.7 Å². The zero-order valence-electron chi connectivity index (χ0n) is 13.3. The lowest BCUT2D eigenvalue weighted by atomic mass is 10.2. The Morgan fingerprint density at radius 1 is 1.54 bits per heavy atom. The molecule has 1 aromatic carbocycles. The number of nitro benzene ring substituents is 1. The maximum absolute atomic E-state index is 12.1. The van der Waals surface area contributed by atoms with Crippen molar-refractivity contribution in [3.8, 4) is 0 Å². The van der Waals surface area contributed by atoms with Crippen LogP contribution in [0.25, 0.3) is 0 Å². The molecule has 1 aromatic heterocycles. The summed E-state index contributed by atoms with van der Waals surface area (Å²) in [4.78, 5) is 27.7. The van der Waals surface area contributed by atoms with Gasteiger partial charge in [0.1, 0.15) is 0 Å². The number of rotatable bonds is 7. The van der Waals surface area contributed by atoms with E-state index in [0.717, 1.165) is 10.0 Å². The van der Waals surface area contributed by atoms with Gasteiger partial charge < -0.3 is 11.1 Å². The van der Waals surface area contributed by atoms with Crippen molar-refractivity contribution in [1.82, 2.24) is 10.3 Å². The van der Waals surface area contributed by atoms with Crippen molar-refractivity contribution < 1.29 is 9.72 Å². The molecule has 7 nitrogen and oxygen atoms in total. The van der Waals surface area contributed by atoms with Gasteiger partial charge in [-0.15, -0.1) is 11.3 Å². The monoisotopic (exact) mass is 366 g/mol. The predicted molar refractivity (Wildman–Crippen MR) is 94.7 cm³/mol. The van der Waals surface area contributed by atoms with Gasteiger partial charge in [-0.3, -0.25) is 14.9 Å². The number of hydrogen-bond donors (Lipinski definition) is 2. The van der Waals surface area contributed by atoms with Crippen LogP contribution in [0.1, 0.15) is 29.4 Å². The van der Waals surface area contributed by atoms with Gasteiger partial charge in [0.05, 0.1) is 9.82 Å². The molecule has 24 heavy (non-hydrogen) atoms. The summed E-state index contributed by atoms with van der Waals surface area (Å²) in [7, 11) is 0. The van der Waals surface area contributed by atoms with Gasteiger partial charge in [-0.05, 0) is 32.4 Å². The molecule has 1 atom stereocenters. The zero-order chi connectivity index (χ0) is 17.7. The van der Waals surface area contributed by atoms with Gasteiger partial charge in [0.25, 0.3) is 11.6 Å². The highest BCUT2D eigenvalue weighted by Gasteiger charge is 2.19. The number of hydrogen-bond acceptors (Lipinski definition) is 7. The normalized spacial score (nSPS) is 12.0. The summed E-state index contributed by atoms with van der Waals surface area (Å²) >= 11 is 2.65. The quantitative estimate of drug-likeness (QED) is 0.575. The molecule has 0 aliphatic heterocycles. The van der Waals surface area contributed by atoms with Crippen molar-refractivity contribution in [1.29, 1.82) is 0 Å². The first-order valence-electron chi connectivity index (χ1n) is 7.29. The second-order valence-electron chi connectivity index (χ2n) is 5.32. The van der Waals surface area contributed by atoms with Gasteiger partial charge in [-0.1, -0.05) is 11.8 Å². The van der Waals surface area contributed by atoms with Crippen LogP contribution in [-0.4, -0.2) is 28.4 Å². The molecule has 2 rings (SSSR count). The molecule has 0 bridgehead atoms. The SMILES string of the molecule is Cc1csc(Sc2ccc(C(=O)NCCC(C)N)cc2[N+](=O)[O-])n1. The van der Waals surface area contributed by atoms with Crippen molar-refractivity contribution in [3.05, 3.63) is 45.0 Å². The number of nitrogens with one attached hydrogen (secondary N) is 1. The molecule has 0 saturated carbocycles. The van der Waals surface area contributed by atoms with Gasteiger partial charge in [0.15, 0.2) is 4.34 Å². The Balaban J connectivity index is 2.16. The molecule has 0 fully saturated rings. The first kappa shape index (κ1) is 18.4. The Bertz CT molecular complexity index is 746. The number of carbonyl (C=O) groups is 1. The third kappa shape index (κ3) is 5.02. The van der Waals surface area contributed by atoms with Crippen LogP contribution >= 0.6 is 23.1 Å². The van der Waals surface area contributed by atoms with E-state index in [1.165, 1.54) is 29.2 Å². The van der Waals surface area contributed by atoms with E-state index in [1.54, 1.807) is 12.1 Å². The van der Waals surface area contributed by atoms with E-state index >= 15 is 0 Å². The molecule has 0 aliphatic rings. The minimum atomic E-state index is -0.485. The number of aryl methyl sites for hydroxylation is 1. The number of aromatic nitrogens is 1. The number of thiazole rings is 1. The van der Waals surface area contributed by atoms with E-state index < -0.39 is 4.92 Å². The number of nitrogens with two attached hydrogens (primary N) is 1. The van der Waals surface area contributed by atoms with Gasteiger partial charge in [-0.2, -0.15) is 0 Å². The minimum absolute atomic E-state index is 0.0137. The van der Waals surface area contributed by atoms with Crippen molar-refractivity contribution in [2.45, 2.75) is 35.5 Å². The molecule has 9 heteroatoms. The molecule has 1 heterocycles. The summed E-state index contributed by atoms with van der Waals surface area (Å²) < 4.78 is 0.727. The molecular formula is C15H18N4O3S2. The minimum Gasteiger partial charge on any atom is -0.352 e. The first-order chi connectivity index (χ1) is 11.4. The molecule has 1 unspecified atom stereocenters. The summed E-state index contributed by atoms with van der Waals surface area (Å²) in [5.41, 5.74) is 6.65. The topological polar surface area (TPSA) is 111 Å². The number of benzene rings is 1. The van der Waals surface area contributed by atoms with Crippen LogP contribution < -0.4 is 11.1 Å². The first-order valence-corrected chi connectivity index (χ1v) is 8.98. The number of nitrogens with zero attached hydrogens (tertiary/aromatic N) is 2. The lowest BCUT2D eigenvalue weighted by Crippen LogP contribution is -2.28. The summed E-state index contributed by atoms with van der Waals surface area (Å²) in [6.07, 6.45) is 0.644. The summed E-state index contributed by atoms with van der Waals surface area (Å²) in [6.45, 7) is 4.15. The maximum Gasteiger partial charge on any atom is 0.284 e. The fourth-order valence-corrected chi connectivity index (χ4v) is 3.76. The van der Waals surface area contributed by atoms with Crippen LogP contribution in [0.5, 0.6) is 0 Å². The Hall–Kier alpha value is -1.97. The predicted octanol–water partition coefficient (Wildman–Crippen LogP) is 2.98. The second-order valence-corrected chi connectivity index (χ2v) is 7.47. The number of carbonyl (C=O) groups excluding carboxylic acids is 1. The highest BCUT2D eigenvalue weighted by molar-refractivity contribution is 8.01. The van der Waals surface area contributed by atoms with Crippen LogP contribution in [0.4, 0.5) is 5.69 Å². The van der Waals surface area contributed by atoms with E-state index in [0.29, 0.717) is 17.9 Å². The zero-order valence-corrected chi connectivity index (χ0v) is 14.9. The lowest BCUT2D eigenvalue weighted by molar-refractivity contribution is -0.387. The lowest BCUT2D eigenvalue weighted by Gasteiger charge is -2.08. The van der Waals surface area contributed by atoms with Crippen LogP contribution in [0.2, 0.25) is 0 Å². The largest absolute Gasteiger partial charge is 0.352 e. The molecule has 3 N–H and O–H groups in total. The Morgan fingerprint density at radius 2 is 2.29 bits per heavy atom. The summed E-state index contributed by atoms with van der Waals surface area (Å²) in [5, 5.41) is 15.9. The van der Waals surface area contributed by atoms with Crippen LogP contribution in [-0.2, 0) is 0 Å². The van der Waals surface area contributed by atoms with Crippen LogP contribution in [0.3, 0.4) is 0 Å². The highest BCUT2D eigenvalue weighted by Crippen LogP contribution is 2.36. The molecule has 0 spiro atoms. The average molecular weight is 366 g/mol. The Kier molecular flexibility index (Phi) is 6.29. The van der Waals surface area contributed by atoms with E-state index in [4.69, 9.17) is 5.73 Å².